The molecule has 7 heteroatoms. The number of hydrogen-bond donors (Lipinski definition) is 3. The normalized spacial score (nSPS) is 18.4. The molecule has 7 nitrogen and oxygen atoms in total. The molecule has 1 aliphatic heterocycles. The number of hydrogen-bond acceptors (Lipinski definition) is 4. The number of nitrogens with one attached hydrogen (secondary N) is 1. The van der Waals surface area contributed by atoms with Gasteiger partial charge in [0, 0.05) is 12.7 Å². The predicted octanol–water partition coefficient (Wildman–Crippen LogP) is 0.768. The quantitative estimate of drug-likeness (QED) is 0.749. The van der Waals surface area contributed by atoms with Gasteiger partial charge in [-0.15, -0.1) is 0 Å². The van der Waals surface area contributed by atoms with Crippen molar-refractivity contribution in [3.05, 3.63) is 24.0 Å². The number of aromatic nitrogens is 1. The molecule has 2 amide bonds. The summed E-state index contributed by atoms with van der Waals surface area (Å²) in [6.07, 6.45) is 4.22. The summed E-state index contributed by atoms with van der Waals surface area (Å²) in [7, 11) is 0. The minimum absolute atomic E-state index is 0.0120. The molecule has 0 radical (unpaired) electrons. The average molecular weight is 265 g/mol. The van der Waals surface area contributed by atoms with E-state index in [1.807, 2.05) is 0 Å². The molecule has 0 aromatic carbocycles. The topological polar surface area (TPSA) is 103 Å². The fraction of sp³-hybridized carbons (Fsp3) is 0.417. The number of nitrogens with zero attached hydrogens (tertiary/aromatic N) is 2. The van der Waals surface area contributed by atoms with Crippen molar-refractivity contribution in [1.82, 2.24) is 9.88 Å². The third-order valence-electron chi connectivity index (χ3n) is 3.09. The average Bonchev–Trinajstić information content (AvgIpc) is 2.87. The highest BCUT2D eigenvalue weighted by Gasteiger charge is 2.28. The fourth-order valence-electron chi connectivity index (χ4n) is 2.11. The molecular formula is C12H15N3O4. The van der Waals surface area contributed by atoms with Crippen LogP contribution in [0.1, 0.15) is 23.2 Å². The van der Waals surface area contributed by atoms with Crippen LogP contribution in [0.5, 0.6) is 0 Å². The van der Waals surface area contributed by atoms with Crippen LogP contribution in [-0.4, -0.2) is 51.3 Å². The number of aromatic carboxylic acids is 1. The molecule has 1 aliphatic rings. The molecule has 102 valence electrons. The van der Waals surface area contributed by atoms with Crippen LogP contribution in [-0.2, 0) is 0 Å². The maximum atomic E-state index is 12.0. The van der Waals surface area contributed by atoms with Gasteiger partial charge in [0.15, 0.2) is 0 Å². The summed E-state index contributed by atoms with van der Waals surface area (Å²) in [5, 5.41) is 20.6. The largest absolute Gasteiger partial charge is 0.478 e. The van der Waals surface area contributed by atoms with Crippen molar-refractivity contribution in [2.45, 2.75) is 18.9 Å². The molecule has 2 heterocycles. The summed E-state index contributed by atoms with van der Waals surface area (Å²) < 4.78 is 0. The summed E-state index contributed by atoms with van der Waals surface area (Å²) in [5.41, 5.74) is 0.339. The zero-order valence-corrected chi connectivity index (χ0v) is 10.2. The van der Waals surface area contributed by atoms with Gasteiger partial charge >= 0.3 is 12.0 Å². The second-order valence-electron chi connectivity index (χ2n) is 4.37. The maximum absolute atomic E-state index is 12.0. The highest BCUT2D eigenvalue weighted by atomic mass is 16.4. The van der Waals surface area contributed by atoms with Gasteiger partial charge in [0.1, 0.15) is 0 Å². The summed E-state index contributed by atoms with van der Waals surface area (Å²) in [6.45, 7) is 0.518. The monoisotopic (exact) mass is 265 g/mol. The Hall–Kier alpha value is -2.15. The van der Waals surface area contributed by atoms with Gasteiger partial charge in [-0.2, -0.15) is 0 Å². The minimum atomic E-state index is -1.10. The molecule has 1 unspecified atom stereocenters. The molecule has 1 saturated heterocycles. The van der Waals surface area contributed by atoms with Crippen molar-refractivity contribution in [3.63, 3.8) is 0 Å². The van der Waals surface area contributed by atoms with Gasteiger partial charge < -0.3 is 20.4 Å². The molecule has 0 bridgehead atoms. The molecule has 3 N–H and O–H groups in total. The van der Waals surface area contributed by atoms with Crippen molar-refractivity contribution in [3.8, 4) is 0 Å². The van der Waals surface area contributed by atoms with Crippen molar-refractivity contribution < 1.29 is 19.8 Å². The Kier molecular flexibility index (Phi) is 3.96. The lowest BCUT2D eigenvalue weighted by Gasteiger charge is -2.23. The molecule has 1 atom stereocenters. The summed E-state index contributed by atoms with van der Waals surface area (Å²) >= 11 is 0. The minimum Gasteiger partial charge on any atom is -0.478 e. The number of anilines is 1. The molecule has 1 aromatic heterocycles. The third kappa shape index (κ3) is 3.00. The fourth-order valence-corrected chi connectivity index (χ4v) is 2.11. The van der Waals surface area contributed by atoms with Gasteiger partial charge in [-0.05, 0) is 18.9 Å². The van der Waals surface area contributed by atoms with Gasteiger partial charge in [-0.25, -0.2) is 9.59 Å². The Bertz CT molecular complexity index is 492. The van der Waals surface area contributed by atoms with Gasteiger partial charge in [0.05, 0.1) is 30.1 Å². The predicted molar refractivity (Wildman–Crippen MR) is 67.0 cm³/mol. The van der Waals surface area contributed by atoms with Gasteiger partial charge in [0.2, 0.25) is 0 Å². The molecule has 0 spiro atoms. The number of amides is 2. The second-order valence-corrected chi connectivity index (χ2v) is 4.37. The number of carboxylic acids is 1. The van der Waals surface area contributed by atoms with Crippen molar-refractivity contribution in [2.24, 2.45) is 0 Å². The van der Waals surface area contributed by atoms with E-state index in [4.69, 9.17) is 10.2 Å². The SMILES string of the molecule is O=C(O)c1cncc(NC(=O)N2CCCC2CO)c1. The number of likely N-dealkylation sites (tertiary alicyclic amines) is 1. The van der Waals surface area contributed by atoms with Gasteiger partial charge in [0.25, 0.3) is 0 Å². The van der Waals surface area contributed by atoms with E-state index in [0.29, 0.717) is 12.2 Å². The zero-order chi connectivity index (χ0) is 13.8. The molecule has 0 aliphatic carbocycles. The van der Waals surface area contributed by atoms with Gasteiger partial charge in [-0.3, -0.25) is 4.98 Å². The Morgan fingerprint density at radius 1 is 1.47 bits per heavy atom. The first-order chi connectivity index (χ1) is 9.11. The number of rotatable bonds is 3. The number of carboxylic acid groups (broad SMARTS) is 1. The Morgan fingerprint density at radius 3 is 2.95 bits per heavy atom. The Morgan fingerprint density at radius 2 is 2.26 bits per heavy atom. The molecule has 2 rings (SSSR count). The van der Waals surface area contributed by atoms with Crippen LogP contribution >= 0.6 is 0 Å². The van der Waals surface area contributed by atoms with Crippen molar-refractivity contribution >= 4 is 17.7 Å². The number of pyridine rings is 1. The first-order valence-electron chi connectivity index (χ1n) is 5.98. The number of aliphatic hydroxyl groups excluding tert-OH is 1. The van der Waals surface area contributed by atoms with Crippen LogP contribution < -0.4 is 5.32 Å². The lowest BCUT2D eigenvalue weighted by molar-refractivity contribution is 0.0696. The van der Waals surface area contributed by atoms with E-state index in [-0.39, 0.29) is 24.2 Å². The third-order valence-corrected chi connectivity index (χ3v) is 3.09. The summed E-state index contributed by atoms with van der Waals surface area (Å²) in [5.74, 6) is -1.10. The molecule has 1 aromatic rings. The molecule has 1 fully saturated rings. The van der Waals surface area contributed by atoms with E-state index in [1.165, 1.54) is 18.5 Å². The summed E-state index contributed by atoms with van der Waals surface area (Å²) in [4.78, 5) is 28.1. The van der Waals surface area contributed by atoms with Crippen molar-refractivity contribution in [1.29, 1.82) is 0 Å². The first kappa shape index (κ1) is 13.3. The van der Waals surface area contributed by atoms with Crippen LogP contribution in [0.15, 0.2) is 18.5 Å². The van der Waals surface area contributed by atoms with E-state index in [2.05, 4.69) is 10.3 Å². The Labute approximate surface area is 109 Å². The lowest BCUT2D eigenvalue weighted by Crippen LogP contribution is -2.40. The van der Waals surface area contributed by atoms with Crippen LogP contribution in [0, 0.1) is 0 Å². The maximum Gasteiger partial charge on any atom is 0.337 e. The number of urea groups is 1. The number of carbonyl (C=O) groups excluding carboxylic acids is 1. The smallest absolute Gasteiger partial charge is 0.337 e. The molecule has 19 heavy (non-hydrogen) atoms. The second kappa shape index (κ2) is 5.66. The first-order valence-corrected chi connectivity index (χ1v) is 5.98. The van der Waals surface area contributed by atoms with E-state index in [0.717, 1.165) is 12.8 Å². The van der Waals surface area contributed by atoms with Crippen LogP contribution in [0.4, 0.5) is 10.5 Å². The van der Waals surface area contributed by atoms with E-state index < -0.39 is 5.97 Å². The van der Waals surface area contributed by atoms with Crippen molar-refractivity contribution in [2.75, 3.05) is 18.5 Å². The van der Waals surface area contributed by atoms with E-state index in [9.17, 15) is 9.59 Å². The van der Waals surface area contributed by atoms with Crippen LogP contribution in [0.3, 0.4) is 0 Å². The van der Waals surface area contributed by atoms with Gasteiger partial charge in [-0.1, -0.05) is 0 Å². The summed E-state index contributed by atoms with van der Waals surface area (Å²) in [6, 6.07) is 0.827. The standard InChI is InChI=1S/C12H15N3O4/c16-7-10-2-1-3-15(10)12(19)14-9-4-8(11(17)18)5-13-6-9/h4-6,10,16H,1-3,7H2,(H,14,19)(H,17,18). The van der Waals surface area contributed by atoms with Crippen LogP contribution in [0.25, 0.3) is 0 Å². The number of aliphatic hydroxyl groups is 1. The van der Waals surface area contributed by atoms with E-state index >= 15 is 0 Å². The molecule has 0 saturated carbocycles. The van der Waals surface area contributed by atoms with E-state index in [1.54, 1.807) is 4.90 Å². The highest BCUT2D eigenvalue weighted by molar-refractivity contribution is 5.92. The Balaban J connectivity index is 2.06. The highest BCUT2D eigenvalue weighted by Crippen LogP contribution is 2.18. The number of carbonyl (C=O) groups is 2. The van der Waals surface area contributed by atoms with Crippen LogP contribution in [0.2, 0.25) is 0 Å². The zero-order valence-electron chi connectivity index (χ0n) is 10.2. The lowest BCUT2D eigenvalue weighted by atomic mass is 10.2. The molecular weight excluding hydrogens is 250 g/mol.